The van der Waals surface area contributed by atoms with E-state index in [0.717, 1.165) is 9.90 Å². The Hall–Kier alpha value is -2.09. The number of halogens is 1. The van der Waals surface area contributed by atoms with Gasteiger partial charge in [-0.15, -0.1) is 0 Å². The van der Waals surface area contributed by atoms with Crippen molar-refractivity contribution in [1.82, 2.24) is 19.5 Å². The first-order valence-electron chi connectivity index (χ1n) is 11.5. The van der Waals surface area contributed by atoms with Gasteiger partial charge in [0.1, 0.15) is 35.9 Å². The number of fused-ring (bicyclic) bond motifs is 2. The maximum absolute atomic E-state index is 12.5. The highest BCUT2D eigenvalue weighted by molar-refractivity contribution is 14.1. The number of hydrogen-bond donors (Lipinski definition) is 6. The number of aliphatic hydroxyl groups is 2. The fourth-order valence-corrected chi connectivity index (χ4v) is 8.26. The van der Waals surface area contributed by atoms with Gasteiger partial charge < -0.3 is 35.0 Å². The Morgan fingerprint density at radius 2 is 1.62 bits per heavy atom. The number of nitrogen functional groups attached to an aromatic ring is 1. The lowest BCUT2D eigenvalue weighted by molar-refractivity contribution is -0.0503. The molecule has 1 saturated heterocycles. The molecule has 0 saturated carbocycles. The van der Waals surface area contributed by atoms with Crippen molar-refractivity contribution < 1.29 is 61.0 Å². The molecule has 7 atom stereocenters. The lowest BCUT2D eigenvalue weighted by atomic mass is 10.1. The van der Waals surface area contributed by atoms with Crippen LogP contribution in [0, 0.1) is 3.57 Å². The summed E-state index contributed by atoms with van der Waals surface area (Å²) >= 11 is 2.03. The van der Waals surface area contributed by atoms with Crippen molar-refractivity contribution in [2.75, 3.05) is 12.3 Å². The maximum atomic E-state index is 12.5. The molecule has 0 radical (unpaired) electrons. The molecule has 0 aliphatic carbocycles. The molecule has 0 amide bonds. The lowest BCUT2D eigenvalue weighted by Crippen LogP contribution is -2.33. The van der Waals surface area contributed by atoms with E-state index in [0.29, 0.717) is 10.8 Å². The SMILES string of the molecule is Nc1ncnc2c1ncn2[C@@H]1O[C@H](COP(=O)(O)OP(=O)(O)OP(=O)(O)Oc2ccc(I)c3ccccc23)[C@@H](O)[C@H]1O. The van der Waals surface area contributed by atoms with Crippen LogP contribution >= 0.6 is 46.1 Å². The molecular formula is C20H21IN5O13P3. The third kappa shape index (κ3) is 6.68. The number of anilines is 1. The molecule has 2 aromatic heterocycles. The summed E-state index contributed by atoms with van der Waals surface area (Å²) in [6, 6.07) is 9.50. The largest absolute Gasteiger partial charge is 0.536 e. The average molecular weight is 759 g/mol. The number of benzene rings is 2. The predicted octanol–water partition coefficient (Wildman–Crippen LogP) is 2.22. The van der Waals surface area contributed by atoms with Crippen molar-refractivity contribution >= 4 is 73.8 Å². The molecule has 5 rings (SSSR count). The van der Waals surface area contributed by atoms with Crippen molar-refractivity contribution in [3.05, 3.63) is 52.6 Å². The van der Waals surface area contributed by atoms with Crippen LogP contribution in [0.5, 0.6) is 5.75 Å². The number of phosphoric acid groups is 3. The first-order chi connectivity index (χ1) is 19.7. The van der Waals surface area contributed by atoms with Crippen LogP contribution in [0.3, 0.4) is 0 Å². The van der Waals surface area contributed by atoms with Crippen LogP contribution in [-0.2, 0) is 31.6 Å². The van der Waals surface area contributed by atoms with Crippen molar-refractivity contribution in [2.24, 2.45) is 0 Å². The van der Waals surface area contributed by atoms with Crippen LogP contribution < -0.4 is 10.3 Å². The highest BCUT2D eigenvalue weighted by Gasteiger charge is 2.47. The van der Waals surface area contributed by atoms with Gasteiger partial charge in [0.25, 0.3) is 0 Å². The second-order valence-electron chi connectivity index (χ2n) is 8.68. The fourth-order valence-electron chi connectivity index (χ4n) is 4.08. The van der Waals surface area contributed by atoms with Crippen LogP contribution in [0.4, 0.5) is 5.82 Å². The fraction of sp³-hybridized carbons (Fsp3) is 0.250. The molecule has 18 nitrogen and oxygen atoms in total. The zero-order valence-corrected chi connectivity index (χ0v) is 25.6. The van der Waals surface area contributed by atoms with Gasteiger partial charge >= 0.3 is 23.5 Å². The molecule has 1 aliphatic rings. The molecule has 3 unspecified atom stereocenters. The van der Waals surface area contributed by atoms with Gasteiger partial charge in [0, 0.05) is 8.96 Å². The van der Waals surface area contributed by atoms with E-state index in [1.54, 1.807) is 30.3 Å². The predicted molar refractivity (Wildman–Crippen MR) is 151 cm³/mol. The second-order valence-corrected chi connectivity index (χ2v) is 14.4. The van der Waals surface area contributed by atoms with Gasteiger partial charge in [-0.05, 0) is 40.1 Å². The topological polar surface area (TPSA) is 268 Å². The molecule has 0 bridgehead atoms. The van der Waals surface area contributed by atoms with Gasteiger partial charge in [-0.25, -0.2) is 28.6 Å². The molecule has 1 fully saturated rings. The van der Waals surface area contributed by atoms with Crippen molar-refractivity contribution in [1.29, 1.82) is 0 Å². The lowest BCUT2D eigenvalue weighted by Gasteiger charge is -2.20. The summed E-state index contributed by atoms with van der Waals surface area (Å²) in [5, 5.41) is 21.9. The van der Waals surface area contributed by atoms with Gasteiger partial charge in [0.2, 0.25) is 0 Å². The Morgan fingerprint density at radius 1 is 0.929 bits per heavy atom. The number of nitrogens with two attached hydrogens (primary N) is 1. The molecule has 42 heavy (non-hydrogen) atoms. The Bertz CT molecular complexity index is 1790. The highest BCUT2D eigenvalue weighted by Crippen LogP contribution is 2.67. The summed E-state index contributed by atoms with van der Waals surface area (Å²) < 4.78 is 62.7. The summed E-state index contributed by atoms with van der Waals surface area (Å²) in [5.74, 6) is -0.133. The summed E-state index contributed by atoms with van der Waals surface area (Å²) in [4.78, 5) is 41.8. The molecule has 2 aromatic carbocycles. The molecule has 1 aliphatic heterocycles. The molecule has 0 spiro atoms. The molecule has 3 heterocycles. The minimum Gasteiger partial charge on any atom is -0.403 e. The van der Waals surface area contributed by atoms with E-state index >= 15 is 0 Å². The van der Waals surface area contributed by atoms with Crippen molar-refractivity contribution in [3.63, 3.8) is 0 Å². The number of rotatable bonds is 10. The number of aromatic nitrogens is 4. The number of imidazole rings is 1. The van der Waals surface area contributed by atoms with E-state index in [2.05, 4.69) is 28.1 Å². The van der Waals surface area contributed by atoms with Crippen LogP contribution in [0.1, 0.15) is 6.23 Å². The van der Waals surface area contributed by atoms with Gasteiger partial charge in [0.05, 0.1) is 12.9 Å². The van der Waals surface area contributed by atoms with E-state index < -0.39 is 54.6 Å². The summed E-state index contributed by atoms with van der Waals surface area (Å²) in [5.41, 5.74) is 6.09. The van der Waals surface area contributed by atoms with E-state index in [-0.39, 0.29) is 22.7 Å². The van der Waals surface area contributed by atoms with Crippen LogP contribution in [0.15, 0.2) is 49.1 Å². The molecule has 226 valence electrons. The minimum absolute atomic E-state index is 0.0467. The Balaban J connectivity index is 1.22. The minimum atomic E-state index is -5.78. The van der Waals surface area contributed by atoms with E-state index in [1.165, 1.54) is 17.0 Å². The summed E-state index contributed by atoms with van der Waals surface area (Å²) in [7, 11) is -16.7. The third-order valence-corrected chi connectivity index (χ3v) is 11.0. The highest BCUT2D eigenvalue weighted by atomic mass is 127. The number of nitrogens with zero attached hydrogens (tertiary/aromatic N) is 4. The van der Waals surface area contributed by atoms with Crippen LogP contribution in [0.2, 0.25) is 0 Å². The van der Waals surface area contributed by atoms with E-state index in [1.807, 2.05) is 22.6 Å². The Labute approximate surface area is 249 Å². The Morgan fingerprint density at radius 3 is 2.36 bits per heavy atom. The number of ether oxygens (including phenoxy) is 1. The average Bonchev–Trinajstić information content (AvgIpc) is 3.45. The second kappa shape index (κ2) is 11.8. The number of phosphoric ester groups is 2. The molecular weight excluding hydrogens is 738 g/mol. The quantitative estimate of drug-likeness (QED) is 0.0999. The summed E-state index contributed by atoms with van der Waals surface area (Å²) in [6.07, 6.45) is -3.69. The summed E-state index contributed by atoms with van der Waals surface area (Å²) in [6.45, 7) is -0.950. The zero-order chi connectivity index (χ0) is 30.4. The van der Waals surface area contributed by atoms with Gasteiger partial charge in [-0.2, -0.15) is 8.62 Å². The first-order valence-corrected chi connectivity index (χ1v) is 17.1. The van der Waals surface area contributed by atoms with Gasteiger partial charge in [-0.1, -0.05) is 24.3 Å². The maximum Gasteiger partial charge on any atom is 0.536 e. The number of aliphatic hydroxyl groups excluding tert-OH is 2. The molecule has 4 aromatic rings. The third-order valence-electron chi connectivity index (χ3n) is 5.86. The van der Waals surface area contributed by atoms with Gasteiger partial charge in [-0.3, -0.25) is 14.0 Å². The standard InChI is InChI=1S/C20H21IN5O13P3/c21-12-5-6-13(11-4-2-1-3-10(11)12)37-41(31,32)39-42(33,34)38-40(29,30)35-7-14-16(27)17(28)20(36-14)26-9-25-15-18(22)23-8-24-19(15)26/h1-6,8-9,14,16-17,20,27-28H,7H2,(H,29,30)(H,31,32)(H,33,34)(H2,22,23,24)/t14-,16-,17-,20-/m1/s1. The normalized spacial score (nSPS) is 25.2. The van der Waals surface area contributed by atoms with Crippen molar-refractivity contribution in [3.8, 4) is 5.75 Å². The smallest absolute Gasteiger partial charge is 0.403 e. The number of hydrogen-bond acceptors (Lipinski definition) is 14. The molecule has 22 heteroatoms. The van der Waals surface area contributed by atoms with Crippen LogP contribution in [-0.4, -0.2) is 69.3 Å². The first kappa shape index (κ1) is 31.3. The van der Waals surface area contributed by atoms with Crippen LogP contribution in [0.25, 0.3) is 21.9 Å². The molecule has 7 N–H and O–H groups in total. The Kier molecular flexibility index (Phi) is 8.79. The zero-order valence-electron chi connectivity index (χ0n) is 20.7. The monoisotopic (exact) mass is 759 g/mol. The van der Waals surface area contributed by atoms with Crippen molar-refractivity contribution in [2.45, 2.75) is 24.5 Å². The van der Waals surface area contributed by atoms with E-state index in [4.69, 9.17) is 15.0 Å². The van der Waals surface area contributed by atoms with Gasteiger partial charge in [0.15, 0.2) is 17.7 Å². The van der Waals surface area contributed by atoms with E-state index in [9.17, 15) is 38.6 Å².